The van der Waals surface area contributed by atoms with Gasteiger partial charge in [0.05, 0.1) is 12.7 Å². The van der Waals surface area contributed by atoms with Crippen molar-refractivity contribution in [2.75, 3.05) is 31.1 Å². The number of nitriles is 1. The molecule has 0 saturated carbocycles. The van der Waals surface area contributed by atoms with E-state index in [0.717, 1.165) is 54.6 Å². The van der Waals surface area contributed by atoms with Gasteiger partial charge in [-0.25, -0.2) is 0 Å². The molecule has 0 fully saturated rings. The molecule has 0 aliphatic rings. The zero-order valence-electron chi connectivity index (χ0n) is 19.1. The summed E-state index contributed by atoms with van der Waals surface area (Å²) in [6.45, 7) is 6.38. The van der Waals surface area contributed by atoms with E-state index in [1.54, 1.807) is 6.08 Å². The predicted molar refractivity (Wildman–Crippen MR) is 137 cm³/mol. The fraction of sp³-hybridized carbons (Fsp3) is 0.346. The normalized spacial score (nSPS) is 12.6. The van der Waals surface area contributed by atoms with Crippen LogP contribution >= 0.6 is 11.9 Å². The summed E-state index contributed by atoms with van der Waals surface area (Å²) < 4.78 is 8.82. The number of aliphatic hydroxyl groups excluding tert-OH is 2. The lowest BCUT2D eigenvalue weighted by Gasteiger charge is -2.24. The molecular formula is C26H31N3O3S. The summed E-state index contributed by atoms with van der Waals surface area (Å²) in [4.78, 5) is 2.83. The van der Waals surface area contributed by atoms with Gasteiger partial charge in [0.1, 0.15) is 22.5 Å². The van der Waals surface area contributed by atoms with Gasteiger partial charge in [-0.2, -0.15) is 5.26 Å². The van der Waals surface area contributed by atoms with Gasteiger partial charge in [0.2, 0.25) is 0 Å². The molecule has 1 atom stereocenters. The van der Waals surface area contributed by atoms with Crippen LogP contribution in [0.4, 0.5) is 5.69 Å². The highest BCUT2D eigenvalue weighted by molar-refractivity contribution is 8.01. The number of furan rings is 1. The third kappa shape index (κ3) is 6.86. The second-order valence-electron chi connectivity index (χ2n) is 7.84. The number of hydrogen-bond acceptors (Lipinski definition) is 7. The number of allylic oxidation sites excluding steroid dienone is 1. The maximum absolute atomic E-state index is 9.38. The summed E-state index contributed by atoms with van der Waals surface area (Å²) in [7, 11) is 0. The smallest absolute Gasteiger partial charge is 0.134 e. The Balaban J connectivity index is 1.76. The Hall–Kier alpha value is -2.76. The van der Waals surface area contributed by atoms with Crippen LogP contribution in [0.2, 0.25) is 0 Å². The van der Waals surface area contributed by atoms with Gasteiger partial charge in [-0.05, 0) is 65.9 Å². The topological polar surface area (TPSA) is 92.7 Å². The van der Waals surface area contributed by atoms with E-state index < -0.39 is 6.10 Å². The van der Waals surface area contributed by atoms with E-state index in [0.29, 0.717) is 10.7 Å². The minimum Gasteiger partial charge on any atom is -0.457 e. The first kappa shape index (κ1) is 24.9. The lowest BCUT2D eigenvalue weighted by atomic mass is 10.0. The Morgan fingerprint density at radius 3 is 2.55 bits per heavy atom. The summed E-state index contributed by atoms with van der Waals surface area (Å²) in [6, 6.07) is 18.7. The van der Waals surface area contributed by atoms with E-state index in [4.69, 9.17) is 9.52 Å². The van der Waals surface area contributed by atoms with Crippen LogP contribution in [0, 0.1) is 11.3 Å². The largest absolute Gasteiger partial charge is 0.457 e. The Bertz CT molecular complexity index is 1110. The number of anilines is 1. The van der Waals surface area contributed by atoms with Crippen LogP contribution in [-0.4, -0.2) is 42.6 Å². The lowest BCUT2D eigenvalue weighted by Crippen LogP contribution is -2.25. The molecule has 6 nitrogen and oxygen atoms in total. The second-order valence-corrected chi connectivity index (χ2v) is 8.78. The number of nitrogens with zero attached hydrogens (tertiary/aromatic N) is 2. The first-order valence-electron chi connectivity index (χ1n) is 11.3. The standard InChI is InChI=1S/C26H31N3O3S/c1-3-11-29(12-4-2)22-8-7-19-13-21(6-5-20(19)14-22)26-10-9-24(32-26)15-25(16-27)33-28-17-23(31)18-30/h5-10,13-15,23,28,30-31H,3-4,11-12,17-18H2,1-2H3/b25-15+. The molecule has 3 aromatic rings. The molecular weight excluding hydrogens is 434 g/mol. The maximum Gasteiger partial charge on any atom is 0.134 e. The highest BCUT2D eigenvalue weighted by Crippen LogP contribution is 2.30. The van der Waals surface area contributed by atoms with Crippen molar-refractivity contribution in [2.24, 2.45) is 0 Å². The Labute approximate surface area is 199 Å². The average Bonchev–Trinajstić information content (AvgIpc) is 3.31. The van der Waals surface area contributed by atoms with Gasteiger partial charge < -0.3 is 19.5 Å². The Kier molecular flexibility index (Phi) is 9.40. The molecule has 0 saturated heterocycles. The molecule has 1 heterocycles. The van der Waals surface area contributed by atoms with Crippen LogP contribution in [0.5, 0.6) is 0 Å². The van der Waals surface area contributed by atoms with E-state index in [9.17, 15) is 10.4 Å². The van der Waals surface area contributed by atoms with Gasteiger partial charge in [0.25, 0.3) is 0 Å². The van der Waals surface area contributed by atoms with Crippen LogP contribution in [0.15, 0.2) is 57.9 Å². The van der Waals surface area contributed by atoms with Crippen LogP contribution in [0.25, 0.3) is 28.2 Å². The van der Waals surface area contributed by atoms with Gasteiger partial charge in [0, 0.05) is 37.0 Å². The van der Waals surface area contributed by atoms with Gasteiger partial charge in [0.15, 0.2) is 0 Å². The molecule has 33 heavy (non-hydrogen) atoms. The van der Waals surface area contributed by atoms with Crippen LogP contribution in [0.3, 0.4) is 0 Å². The fourth-order valence-electron chi connectivity index (χ4n) is 3.57. The highest BCUT2D eigenvalue weighted by Gasteiger charge is 2.09. The number of fused-ring (bicyclic) bond motifs is 1. The third-order valence-electron chi connectivity index (χ3n) is 5.18. The van der Waals surface area contributed by atoms with Gasteiger partial charge >= 0.3 is 0 Å². The molecule has 0 radical (unpaired) electrons. The zero-order valence-corrected chi connectivity index (χ0v) is 19.9. The zero-order chi connectivity index (χ0) is 23.6. The van der Waals surface area contributed by atoms with Crippen molar-refractivity contribution in [3.8, 4) is 17.4 Å². The number of rotatable bonds is 12. The molecule has 0 bridgehead atoms. The molecule has 2 aromatic carbocycles. The molecule has 0 aliphatic carbocycles. The van der Waals surface area contributed by atoms with Crippen molar-refractivity contribution < 1.29 is 14.6 Å². The van der Waals surface area contributed by atoms with Crippen molar-refractivity contribution in [2.45, 2.75) is 32.8 Å². The van der Waals surface area contributed by atoms with Gasteiger partial charge in [-0.3, -0.25) is 4.72 Å². The molecule has 0 spiro atoms. The van der Waals surface area contributed by atoms with Crippen LogP contribution in [0.1, 0.15) is 32.4 Å². The van der Waals surface area contributed by atoms with Crippen molar-refractivity contribution in [3.05, 3.63) is 59.2 Å². The Morgan fingerprint density at radius 1 is 1.12 bits per heavy atom. The van der Waals surface area contributed by atoms with Crippen molar-refractivity contribution in [3.63, 3.8) is 0 Å². The van der Waals surface area contributed by atoms with E-state index in [1.807, 2.05) is 12.1 Å². The second kappa shape index (κ2) is 12.5. The minimum absolute atomic E-state index is 0.178. The molecule has 174 valence electrons. The molecule has 3 N–H and O–H groups in total. The van der Waals surface area contributed by atoms with Crippen molar-refractivity contribution in [1.82, 2.24) is 4.72 Å². The number of nitrogens with one attached hydrogen (secondary N) is 1. The molecule has 1 aromatic heterocycles. The van der Waals surface area contributed by atoms with Crippen molar-refractivity contribution in [1.29, 1.82) is 5.26 Å². The summed E-state index contributed by atoms with van der Waals surface area (Å²) in [5, 5.41) is 29.9. The monoisotopic (exact) mass is 465 g/mol. The molecule has 7 heteroatoms. The summed E-state index contributed by atoms with van der Waals surface area (Å²) in [5.74, 6) is 1.31. The maximum atomic E-state index is 9.38. The summed E-state index contributed by atoms with van der Waals surface area (Å²) in [6.07, 6.45) is 3.03. The first-order chi connectivity index (χ1) is 16.1. The Morgan fingerprint density at radius 2 is 1.85 bits per heavy atom. The van der Waals surface area contributed by atoms with E-state index in [1.165, 1.54) is 11.1 Å². The number of benzene rings is 2. The van der Waals surface area contributed by atoms with E-state index in [-0.39, 0.29) is 13.2 Å². The molecule has 3 rings (SSSR count). The summed E-state index contributed by atoms with van der Waals surface area (Å²) >= 11 is 1.09. The molecule has 1 unspecified atom stereocenters. The molecule has 0 amide bonds. The SMILES string of the molecule is CCCN(CCC)c1ccc2cc(-c3ccc(/C=C(\C#N)SNCC(O)CO)o3)ccc2c1. The molecule has 0 aliphatic heterocycles. The van der Waals surface area contributed by atoms with E-state index in [2.05, 4.69) is 65.9 Å². The quantitative estimate of drug-likeness (QED) is 0.251. The van der Waals surface area contributed by atoms with E-state index >= 15 is 0 Å². The minimum atomic E-state index is -0.863. The average molecular weight is 466 g/mol. The predicted octanol–water partition coefficient (Wildman–Crippen LogP) is 5.18. The summed E-state index contributed by atoms with van der Waals surface area (Å²) in [5.41, 5.74) is 2.23. The van der Waals surface area contributed by atoms with Gasteiger partial charge in [-0.1, -0.05) is 32.0 Å². The highest BCUT2D eigenvalue weighted by atomic mass is 32.2. The van der Waals surface area contributed by atoms with Crippen LogP contribution in [-0.2, 0) is 0 Å². The number of aliphatic hydroxyl groups is 2. The third-order valence-corrected chi connectivity index (χ3v) is 5.92. The van der Waals surface area contributed by atoms with Crippen molar-refractivity contribution >= 4 is 34.5 Å². The van der Waals surface area contributed by atoms with Gasteiger partial charge in [-0.15, -0.1) is 0 Å². The fourth-order valence-corrected chi connectivity index (χ4v) is 4.22. The number of hydrogen-bond donors (Lipinski definition) is 3. The van der Waals surface area contributed by atoms with Crippen LogP contribution < -0.4 is 9.62 Å². The first-order valence-corrected chi connectivity index (χ1v) is 12.1. The lowest BCUT2D eigenvalue weighted by molar-refractivity contribution is 0.0994.